The van der Waals surface area contributed by atoms with Gasteiger partial charge < -0.3 is 9.47 Å². The quantitative estimate of drug-likeness (QED) is 0.245. The van der Waals surface area contributed by atoms with Crippen LogP contribution >= 0.6 is 0 Å². The minimum Gasteiger partial charge on any atom is -0.378 e. The van der Waals surface area contributed by atoms with Gasteiger partial charge in [0.1, 0.15) is 0 Å². The molecule has 0 amide bonds. The third kappa shape index (κ3) is 30.5. The van der Waals surface area contributed by atoms with Crippen molar-refractivity contribution in [2.24, 2.45) is 35.5 Å². The van der Waals surface area contributed by atoms with Crippen LogP contribution in [0.5, 0.6) is 0 Å². The second-order valence-electron chi connectivity index (χ2n) is 14.9. The Morgan fingerprint density at radius 3 is 0.889 bits per heavy atom. The van der Waals surface area contributed by atoms with Crippen molar-refractivity contribution >= 4 is 0 Å². The van der Waals surface area contributed by atoms with Crippen LogP contribution in [0.4, 0.5) is 0 Å². The number of ether oxygens (including phenoxy) is 2. The van der Waals surface area contributed by atoms with Crippen molar-refractivity contribution in [3.8, 4) is 0 Å². The van der Waals surface area contributed by atoms with Crippen LogP contribution in [0.1, 0.15) is 198 Å². The number of allylic oxidation sites excluding steroid dienone is 4. The van der Waals surface area contributed by atoms with Crippen molar-refractivity contribution in [1.29, 1.82) is 0 Å². The topological polar surface area (TPSA) is 18.5 Å². The lowest BCUT2D eigenvalue weighted by Crippen LogP contribution is -2.21. The van der Waals surface area contributed by atoms with Crippen molar-refractivity contribution in [2.45, 2.75) is 208 Å². The lowest BCUT2D eigenvalue weighted by molar-refractivity contribution is 0.000174. The summed E-state index contributed by atoms with van der Waals surface area (Å²) in [7, 11) is 0. The predicted octanol–water partition coefficient (Wildman–Crippen LogP) is 15.4. The van der Waals surface area contributed by atoms with Crippen molar-refractivity contribution in [3.63, 3.8) is 0 Å². The summed E-state index contributed by atoms with van der Waals surface area (Å²) in [5.74, 6) is 5.52. The van der Waals surface area contributed by atoms with Gasteiger partial charge in [0.25, 0.3) is 0 Å². The standard InChI is InChI=1S/C8H16.2C8H14.2C7H14O.5CH4.H2/c3*1-7-3-5-8(2)6-4-7;2*1-6-3-4-7(2)8-5-6;;;;;;/h7-8H,3-6H2,1-2H3;2*3,8H,4-6H2,1-2H3;2*6-7H,3-5H2,1-2H3;5*1H4;1H. The van der Waals surface area contributed by atoms with Gasteiger partial charge in [-0.25, -0.2) is 0 Å². The van der Waals surface area contributed by atoms with Crippen molar-refractivity contribution in [3.05, 3.63) is 23.3 Å². The van der Waals surface area contributed by atoms with Crippen LogP contribution in [0.2, 0.25) is 0 Å². The maximum absolute atomic E-state index is 5.39. The molecule has 6 atom stereocenters. The van der Waals surface area contributed by atoms with Crippen LogP contribution in [0.15, 0.2) is 23.3 Å². The van der Waals surface area contributed by atoms with E-state index in [0.717, 1.165) is 48.7 Å². The molecule has 5 aliphatic rings. The molecule has 6 unspecified atom stereocenters. The molecule has 2 heteroatoms. The van der Waals surface area contributed by atoms with E-state index in [1.807, 2.05) is 0 Å². The molecule has 45 heavy (non-hydrogen) atoms. The van der Waals surface area contributed by atoms with Gasteiger partial charge in [-0.2, -0.15) is 0 Å². The third-order valence-corrected chi connectivity index (χ3v) is 9.57. The van der Waals surface area contributed by atoms with Crippen molar-refractivity contribution < 1.29 is 10.9 Å². The number of hydrogen-bond acceptors (Lipinski definition) is 2. The smallest absolute Gasteiger partial charge is 0.0547 e. The Labute approximate surface area is 290 Å². The highest BCUT2D eigenvalue weighted by Crippen LogP contribution is 2.27. The van der Waals surface area contributed by atoms with Crippen LogP contribution in [-0.4, -0.2) is 25.4 Å². The maximum atomic E-state index is 5.39. The molecule has 2 nitrogen and oxygen atoms in total. The molecule has 3 fully saturated rings. The van der Waals surface area contributed by atoms with E-state index in [2.05, 4.69) is 81.4 Å². The summed E-state index contributed by atoms with van der Waals surface area (Å²) in [5.41, 5.74) is 3.17. The Morgan fingerprint density at radius 1 is 0.422 bits per heavy atom. The summed E-state index contributed by atoms with van der Waals surface area (Å²) >= 11 is 0. The molecule has 0 aromatic rings. The Bertz CT molecular complexity index is 557. The van der Waals surface area contributed by atoms with Gasteiger partial charge in [-0.3, -0.25) is 0 Å². The molecule has 278 valence electrons. The van der Waals surface area contributed by atoms with E-state index >= 15 is 0 Å². The molecule has 3 aliphatic carbocycles. The van der Waals surface area contributed by atoms with Gasteiger partial charge >= 0.3 is 0 Å². The Morgan fingerprint density at radius 2 is 0.711 bits per heavy atom. The van der Waals surface area contributed by atoms with Crippen molar-refractivity contribution in [2.75, 3.05) is 13.2 Å². The second kappa shape index (κ2) is 32.0. The molecule has 0 radical (unpaired) electrons. The molecule has 0 spiro atoms. The Kier molecular flexibility index (Phi) is 38.3. The first kappa shape index (κ1) is 53.9. The molecule has 5 rings (SSSR count). The summed E-state index contributed by atoms with van der Waals surface area (Å²) in [6.07, 6.45) is 25.0. The lowest BCUT2D eigenvalue weighted by Gasteiger charge is -2.23. The number of rotatable bonds is 0. The third-order valence-electron chi connectivity index (χ3n) is 9.57. The molecule has 2 saturated heterocycles. The van der Waals surface area contributed by atoms with E-state index in [0.29, 0.717) is 12.2 Å². The normalized spacial score (nSPS) is 31.8. The first-order valence-corrected chi connectivity index (χ1v) is 17.5. The van der Waals surface area contributed by atoms with Gasteiger partial charge in [0.05, 0.1) is 12.2 Å². The van der Waals surface area contributed by atoms with E-state index < -0.39 is 0 Å². The molecule has 0 aromatic heterocycles. The fourth-order valence-electron chi connectivity index (χ4n) is 5.65. The summed E-state index contributed by atoms with van der Waals surface area (Å²) in [6, 6.07) is 0. The fraction of sp³-hybridized carbons (Fsp3) is 0.907. The Balaban J connectivity index is -0.000000105. The molecular weight excluding hydrogens is 548 g/mol. The van der Waals surface area contributed by atoms with Crippen molar-refractivity contribution in [1.82, 2.24) is 0 Å². The first-order chi connectivity index (χ1) is 18.9. The van der Waals surface area contributed by atoms with Crippen LogP contribution in [-0.2, 0) is 9.47 Å². The van der Waals surface area contributed by atoms with E-state index in [-0.39, 0.29) is 38.6 Å². The zero-order valence-electron chi connectivity index (χ0n) is 28.9. The average Bonchev–Trinajstić information content (AvgIpc) is 2.94. The summed E-state index contributed by atoms with van der Waals surface area (Å²) in [5, 5.41) is 0. The Hall–Kier alpha value is -0.600. The number of hydrogen-bond donors (Lipinski definition) is 0. The van der Waals surface area contributed by atoms with Crippen LogP contribution < -0.4 is 0 Å². The fourth-order valence-corrected chi connectivity index (χ4v) is 5.65. The highest BCUT2D eigenvalue weighted by Gasteiger charge is 2.15. The molecule has 2 aliphatic heterocycles. The maximum Gasteiger partial charge on any atom is 0.0547 e. The van der Waals surface area contributed by atoms with Crippen LogP contribution in [0, 0.1) is 35.5 Å². The van der Waals surface area contributed by atoms with Gasteiger partial charge in [-0.05, 0) is 127 Å². The van der Waals surface area contributed by atoms with E-state index in [4.69, 9.17) is 9.47 Å². The van der Waals surface area contributed by atoms with Gasteiger partial charge in [0.2, 0.25) is 0 Å². The zero-order chi connectivity index (χ0) is 29.9. The molecule has 0 aromatic carbocycles. The molecule has 1 saturated carbocycles. The average molecular weight is 643 g/mol. The van der Waals surface area contributed by atoms with E-state index in [1.54, 1.807) is 11.1 Å². The highest BCUT2D eigenvalue weighted by molar-refractivity contribution is 5.02. The van der Waals surface area contributed by atoms with Gasteiger partial charge in [-0.15, -0.1) is 0 Å². The van der Waals surface area contributed by atoms with Crippen LogP contribution in [0.25, 0.3) is 0 Å². The molecule has 0 N–H and O–H groups in total. The highest BCUT2D eigenvalue weighted by atomic mass is 16.5. The van der Waals surface area contributed by atoms with E-state index in [9.17, 15) is 0 Å². The first-order valence-electron chi connectivity index (χ1n) is 17.5. The molecular formula is C43H94O2. The zero-order valence-corrected chi connectivity index (χ0v) is 28.9. The molecule has 0 bridgehead atoms. The van der Waals surface area contributed by atoms with E-state index in [1.165, 1.54) is 89.9 Å². The lowest BCUT2D eigenvalue weighted by atomic mass is 9.84. The minimum absolute atomic E-state index is 0. The summed E-state index contributed by atoms with van der Waals surface area (Å²) in [4.78, 5) is 0. The van der Waals surface area contributed by atoms with Gasteiger partial charge in [0.15, 0.2) is 0 Å². The SMILES string of the molecule is C.C.C.C.C.CC1=CCC(C)CC1.CC1=CCC(C)CC1.CC1CCC(C)CC1.CC1CCC(C)OC1.CC1CCC(C)OC1.[HH]. The summed E-state index contributed by atoms with van der Waals surface area (Å²) < 4.78 is 10.8. The predicted molar refractivity (Wildman–Crippen MR) is 214 cm³/mol. The molecule has 2 heterocycles. The second-order valence-corrected chi connectivity index (χ2v) is 14.9. The van der Waals surface area contributed by atoms with Gasteiger partial charge in [-0.1, -0.05) is 128 Å². The van der Waals surface area contributed by atoms with Crippen LogP contribution in [0.3, 0.4) is 0 Å². The monoisotopic (exact) mass is 643 g/mol. The minimum atomic E-state index is 0. The summed E-state index contributed by atoms with van der Waals surface area (Å²) in [6.45, 7) is 24.6. The largest absolute Gasteiger partial charge is 0.378 e. The van der Waals surface area contributed by atoms with Gasteiger partial charge in [0, 0.05) is 14.6 Å².